The van der Waals surface area contributed by atoms with E-state index < -0.39 is 11.9 Å². The van der Waals surface area contributed by atoms with Gasteiger partial charge in [0.1, 0.15) is 11.6 Å². The largest absolute Gasteiger partial charge is 0.497 e. The second kappa shape index (κ2) is 8.82. The highest BCUT2D eigenvalue weighted by Crippen LogP contribution is 2.39. The molecule has 8 heteroatoms. The molecule has 0 spiro atoms. The molecular weight excluding hydrogens is 435 g/mol. The molecule has 0 saturated heterocycles. The highest BCUT2D eigenvalue weighted by atomic mass is 19.1. The van der Waals surface area contributed by atoms with Crippen LogP contribution in [0.1, 0.15) is 24.4 Å². The van der Waals surface area contributed by atoms with Gasteiger partial charge in [-0.1, -0.05) is 53.7 Å². The van der Waals surface area contributed by atoms with Crippen LogP contribution in [0.5, 0.6) is 5.75 Å². The fraction of sp³-hybridized carbons (Fsp3) is 0.115. The summed E-state index contributed by atoms with van der Waals surface area (Å²) in [6.07, 6.45) is 0. The van der Waals surface area contributed by atoms with Crippen LogP contribution in [-0.2, 0) is 0 Å². The maximum atomic E-state index is 14.1. The Morgan fingerprint density at radius 1 is 1.03 bits per heavy atom. The maximum absolute atomic E-state index is 14.1. The van der Waals surface area contributed by atoms with Crippen molar-refractivity contribution < 1.29 is 18.4 Å². The smallest absolute Gasteiger partial charge is 0.327 e. The zero-order valence-electron chi connectivity index (χ0n) is 18.5. The van der Waals surface area contributed by atoms with Crippen molar-refractivity contribution in [2.45, 2.75) is 13.0 Å². The predicted molar refractivity (Wildman–Crippen MR) is 125 cm³/mol. The number of nitrogens with one attached hydrogen (secondary N) is 1. The molecule has 2 amide bonds. The first kappa shape index (κ1) is 21.4. The highest BCUT2D eigenvalue weighted by Gasteiger charge is 2.36. The lowest BCUT2D eigenvalue weighted by Gasteiger charge is -2.35. The van der Waals surface area contributed by atoms with E-state index in [-0.39, 0.29) is 11.9 Å². The Labute approximate surface area is 195 Å². The van der Waals surface area contributed by atoms with Crippen molar-refractivity contribution in [3.05, 3.63) is 102 Å². The van der Waals surface area contributed by atoms with Crippen molar-refractivity contribution in [3.63, 3.8) is 0 Å². The molecule has 5 rings (SSSR count). The quantitative estimate of drug-likeness (QED) is 0.424. The molecule has 2 heterocycles. The lowest BCUT2D eigenvalue weighted by Crippen LogP contribution is -2.46. The van der Waals surface area contributed by atoms with E-state index in [1.54, 1.807) is 50.4 Å². The molecule has 0 fully saturated rings. The monoisotopic (exact) mass is 456 g/mol. The first-order valence-electron chi connectivity index (χ1n) is 10.7. The molecule has 170 valence electrons. The number of amides is 2. The van der Waals surface area contributed by atoms with E-state index in [1.807, 2.05) is 30.3 Å². The Balaban J connectivity index is 1.67. The Hall–Kier alpha value is -4.46. The van der Waals surface area contributed by atoms with Gasteiger partial charge in [-0.3, -0.25) is 4.90 Å². The maximum Gasteiger partial charge on any atom is 0.327 e. The summed E-state index contributed by atoms with van der Waals surface area (Å²) in [5.74, 6) is 0.850. The molecule has 0 aliphatic carbocycles. The van der Waals surface area contributed by atoms with E-state index in [2.05, 4.69) is 15.5 Å². The minimum absolute atomic E-state index is 0.235. The Morgan fingerprint density at radius 3 is 2.59 bits per heavy atom. The van der Waals surface area contributed by atoms with Crippen molar-refractivity contribution in [2.75, 3.05) is 12.0 Å². The number of benzene rings is 3. The number of allylic oxidation sites excluding steroid dienone is 1. The van der Waals surface area contributed by atoms with Gasteiger partial charge < -0.3 is 14.6 Å². The molecule has 0 saturated carbocycles. The average Bonchev–Trinajstić information content (AvgIpc) is 3.34. The van der Waals surface area contributed by atoms with Crippen LogP contribution in [0.2, 0.25) is 0 Å². The number of carbonyl (C=O) groups is 1. The molecule has 1 atom stereocenters. The number of urea groups is 1. The van der Waals surface area contributed by atoms with E-state index in [1.165, 1.54) is 17.0 Å². The molecule has 3 aromatic carbocycles. The standard InChI is InChI=1S/C26H21FN4O3/c1-16-22(25-29-24(30-34-25)17-8-4-3-5-9-17)23(18-10-6-11-19(27)14-18)28-26(32)31(16)20-12-7-13-21(15-20)33-2/h3-15,23H,1-2H3,(H,28,32). The van der Waals surface area contributed by atoms with Crippen molar-refractivity contribution >= 4 is 17.3 Å². The van der Waals surface area contributed by atoms with E-state index in [0.717, 1.165) is 5.56 Å². The van der Waals surface area contributed by atoms with Crippen LogP contribution in [0.25, 0.3) is 17.0 Å². The van der Waals surface area contributed by atoms with Gasteiger partial charge in [0.15, 0.2) is 0 Å². The molecule has 0 bridgehead atoms. The molecule has 1 unspecified atom stereocenters. The van der Waals surface area contributed by atoms with Crippen molar-refractivity contribution in [2.24, 2.45) is 0 Å². The first-order chi connectivity index (χ1) is 16.5. The zero-order chi connectivity index (χ0) is 23.7. The Morgan fingerprint density at radius 2 is 1.82 bits per heavy atom. The second-order valence-electron chi connectivity index (χ2n) is 7.76. The SMILES string of the molecule is COc1cccc(N2C(=O)NC(c3cccc(F)c3)C(c3nc(-c4ccccc4)no3)=C2C)c1. The van der Waals surface area contributed by atoms with Gasteiger partial charge in [0, 0.05) is 17.3 Å². The summed E-state index contributed by atoms with van der Waals surface area (Å²) in [7, 11) is 1.56. The highest BCUT2D eigenvalue weighted by molar-refractivity contribution is 6.01. The summed E-state index contributed by atoms with van der Waals surface area (Å²) < 4.78 is 25.1. The summed E-state index contributed by atoms with van der Waals surface area (Å²) in [5.41, 5.74) is 3.11. The van der Waals surface area contributed by atoms with Gasteiger partial charge in [0.2, 0.25) is 5.82 Å². The fourth-order valence-corrected chi connectivity index (χ4v) is 4.05. The van der Waals surface area contributed by atoms with Crippen LogP contribution in [0.3, 0.4) is 0 Å². The summed E-state index contributed by atoms with van der Waals surface area (Å²) in [4.78, 5) is 19.4. The average molecular weight is 456 g/mol. The molecule has 1 aliphatic rings. The van der Waals surface area contributed by atoms with Crippen LogP contribution in [0.4, 0.5) is 14.9 Å². The number of aromatic nitrogens is 2. The van der Waals surface area contributed by atoms with E-state index >= 15 is 0 Å². The Kier molecular flexibility index (Phi) is 5.55. The number of rotatable bonds is 5. The van der Waals surface area contributed by atoms with Crippen molar-refractivity contribution in [1.29, 1.82) is 0 Å². The third kappa shape index (κ3) is 3.90. The third-order valence-electron chi connectivity index (χ3n) is 5.67. The number of hydrogen-bond acceptors (Lipinski definition) is 5. The second-order valence-corrected chi connectivity index (χ2v) is 7.76. The molecule has 1 N–H and O–H groups in total. The molecule has 34 heavy (non-hydrogen) atoms. The molecule has 0 radical (unpaired) electrons. The summed E-state index contributed by atoms with van der Waals surface area (Å²) in [6.45, 7) is 1.80. The first-order valence-corrected chi connectivity index (χ1v) is 10.7. The lowest BCUT2D eigenvalue weighted by molar-refractivity contribution is 0.244. The van der Waals surface area contributed by atoms with Gasteiger partial charge in [-0.25, -0.2) is 9.18 Å². The van der Waals surface area contributed by atoms with E-state index in [4.69, 9.17) is 9.26 Å². The molecule has 4 aromatic rings. The van der Waals surface area contributed by atoms with E-state index in [0.29, 0.717) is 34.1 Å². The van der Waals surface area contributed by atoms with Gasteiger partial charge >= 0.3 is 6.03 Å². The summed E-state index contributed by atoms with van der Waals surface area (Å²) in [5, 5.41) is 7.11. The number of hydrogen-bond donors (Lipinski definition) is 1. The normalized spacial score (nSPS) is 15.9. The topological polar surface area (TPSA) is 80.5 Å². The molecule has 1 aliphatic heterocycles. The number of ether oxygens (including phenoxy) is 1. The number of methoxy groups -OCH3 is 1. The summed E-state index contributed by atoms with van der Waals surface area (Å²) in [6, 6.07) is 21.6. The lowest BCUT2D eigenvalue weighted by atomic mass is 9.94. The molecule has 1 aromatic heterocycles. The van der Waals surface area contributed by atoms with Crippen molar-refractivity contribution in [1.82, 2.24) is 15.5 Å². The summed E-state index contributed by atoms with van der Waals surface area (Å²) >= 11 is 0. The zero-order valence-corrected chi connectivity index (χ0v) is 18.5. The Bertz CT molecular complexity index is 1380. The number of halogens is 1. The number of carbonyl (C=O) groups excluding carboxylic acids is 1. The molecule has 7 nitrogen and oxygen atoms in total. The number of anilines is 1. The van der Waals surface area contributed by atoms with Gasteiger partial charge in [-0.2, -0.15) is 4.98 Å². The van der Waals surface area contributed by atoms with Crippen LogP contribution >= 0.6 is 0 Å². The van der Waals surface area contributed by atoms with Gasteiger partial charge in [-0.15, -0.1) is 0 Å². The van der Waals surface area contributed by atoms with Gasteiger partial charge in [0.05, 0.1) is 24.4 Å². The van der Waals surface area contributed by atoms with Gasteiger partial charge in [-0.05, 0) is 36.8 Å². The fourth-order valence-electron chi connectivity index (χ4n) is 4.05. The van der Waals surface area contributed by atoms with Crippen molar-refractivity contribution in [3.8, 4) is 17.1 Å². The predicted octanol–water partition coefficient (Wildman–Crippen LogP) is 5.59. The molecular formula is C26H21FN4O3. The van der Waals surface area contributed by atoms with E-state index in [9.17, 15) is 9.18 Å². The minimum Gasteiger partial charge on any atom is -0.497 e. The minimum atomic E-state index is -0.686. The third-order valence-corrected chi connectivity index (χ3v) is 5.67. The van der Waals surface area contributed by atoms with Crippen LogP contribution in [0.15, 0.2) is 89.1 Å². The van der Waals surface area contributed by atoms with Gasteiger partial charge in [0.25, 0.3) is 5.89 Å². The van der Waals surface area contributed by atoms with Crippen LogP contribution in [0, 0.1) is 5.82 Å². The number of nitrogens with zero attached hydrogens (tertiary/aromatic N) is 3. The van der Waals surface area contributed by atoms with Crippen LogP contribution < -0.4 is 15.0 Å². The van der Waals surface area contributed by atoms with Crippen LogP contribution in [-0.4, -0.2) is 23.3 Å².